The number of fused-ring (bicyclic) bond motifs is 1. The highest BCUT2D eigenvalue weighted by Crippen LogP contribution is 2.42. The first-order chi connectivity index (χ1) is 12.3. The van der Waals surface area contributed by atoms with Crippen LogP contribution < -0.4 is 10.1 Å². The van der Waals surface area contributed by atoms with Gasteiger partial charge in [-0.25, -0.2) is 0 Å². The van der Waals surface area contributed by atoms with Crippen molar-refractivity contribution < 1.29 is 4.74 Å². The average molecular weight is 345 g/mol. The van der Waals surface area contributed by atoms with Gasteiger partial charge in [-0.05, 0) is 29.3 Å². The third-order valence-corrected chi connectivity index (χ3v) is 5.48. The summed E-state index contributed by atoms with van der Waals surface area (Å²) in [6.45, 7) is 0.782. The van der Waals surface area contributed by atoms with Crippen LogP contribution in [0.3, 0.4) is 0 Å². The molecule has 0 spiro atoms. The molecule has 0 radical (unpaired) electrons. The minimum atomic E-state index is 0.782. The van der Waals surface area contributed by atoms with Gasteiger partial charge in [-0.2, -0.15) is 0 Å². The predicted molar refractivity (Wildman–Crippen MR) is 108 cm³/mol. The van der Waals surface area contributed by atoms with Gasteiger partial charge in [0.05, 0.1) is 17.7 Å². The third kappa shape index (κ3) is 3.24. The lowest BCUT2D eigenvalue weighted by molar-refractivity contribution is 0.414. The molecule has 1 aromatic heterocycles. The van der Waals surface area contributed by atoms with Crippen molar-refractivity contribution >= 4 is 27.1 Å². The molecule has 0 fully saturated rings. The number of anilines is 1. The lowest BCUT2D eigenvalue weighted by Gasteiger charge is -2.10. The van der Waals surface area contributed by atoms with E-state index in [1.165, 1.54) is 31.8 Å². The van der Waals surface area contributed by atoms with Gasteiger partial charge in [0.2, 0.25) is 0 Å². The van der Waals surface area contributed by atoms with Gasteiger partial charge >= 0.3 is 0 Å². The Labute approximate surface area is 151 Å². The normalized spacial score (nSPS) is 10.8. The summed E-state index contributed by atoms with van der Waals surface area (Å²) in [5.41, 5.74) is 3.69. The number of ether oxygens (including phenoxy) is 1. The van der Waals surface area contributed by atoms with E-state index in [1.54, 1.807) is 7.11 Å². The summed E-state index contributed by atoms with van der Waals surface area (Å²) in [4.78, 5) is 1.29. The molecule has 25 heavy (non-hydrogen) atoms. The van der Waals surface area contributed by atoms with E-state index in [1.807, 2.05) is 23.5 Å². The van der Waals surface area contributed by atoms with Crippen molar-refractivity contribution in [1.82, 2.24) is 0 Å². The molecule has 0 saturated carbocycles. The number of nitrogens with one attached hydrogen (secondary N) is 1. The van der Waals surface area contributed by atoms with Crippen LogP contribution in [0, 0.1) is 0 Å². The molecule has 3 aromatic carbocycles. The molecule has 4 rings (SSSR count). The van der Waals surface area contributed by atoms with Crippen LogP contribution in [0.25, 0.3) is 20.5 Å². The number of hydrogen-bond donors (Lipinski definition) is 1. The van der Waals surface area contributed by atoms with Crippen LogP contribution in [0.2, 0.25) is 0 Å². The van der Waals surface area contributed by atoms with Crippen molar-refractivity contribution in [3.8, 4) is 16.2 Å². The molecule has 1 heterocycles. The second-order valence-electron chi connectivity index (χ2n) is 5.87. The molecule has 0 aliphatic rings. The maximum absolute atomic E-state index is 5.24. The summed E-state index contributed by atoms with van der Waals surface area (Å²) in [5, 5.41) is 4.94. The number of hydrogen-bond acceptors (Lipinski definition) is 3. The molecule has 1 N–H and O–H groups in total. The van der Waals surface area contributed by atoms with Gasteiger partial charge in [0, 0.05) is 16.6 Å². The zero-order valence-corrected chi connectivity index (χ0v) is 14.8. The average Bonchev–Trinajstić information content (AvgIpc) is 3.06. The van der Waals surface area contributed by atoms with Crippen LogP contribution in [-0.2, 0) is 6.54 Å². The van der Waals surface area contributed by atoms with Gasteiger partial charge in [0.1, 0.15) is 5.75 Å². The molecule has 0 unspecified atom stereocenters. The molecule has 3 heteroatoms. The van der Waals surface area contributed by atoms with E-state index in [-0.39, 0.29) is 0 Å². The summed E-state index contributed by atoms with van der Waals surface area (Å²) in [7, 11) is 1.69. The van der Waals surface area contributed by atoms with Crippen LogP contribution in [0.4, 0.5) is 5.69 Å². The molecule has 0 bridgehead atoms. The molecule has 0 aliphatic carbocycles. The molecular formula is C22H19NOS. The molecule has 4 aromatic rings. The number of benzene rings is 3. The fraction of sp³-hybridized carbons (Fsp3) is 0.0909. The first-order valence-electron chi connectivity index (χ1n) is 8.29. The molecule has 0 saturated heterocycles. The topological polar surface area (TPSA) is 21.3 Å². The van der Waals surface area contributed by atoms with Crippen molar-refractivity contribution in [2.45, 2.75) is 6.54 Å². The fourth-order valence-corrected chi connectivity index (χ4v) is 4.13. The van der Waals surface area contributed by atoms with Gasteiger partial charge in [-0.15, -0.1) is 11.3 Å². The molecule has 2 nitrogen and oxygen atoms in total. The van der Waals surface area contributed by atoms with Crippen LogP contribution in [0.1, 0.15) is 5.56 Å². The monoisotopic (exact) mass is 345 g/mol. The second-order valence-corrected chi connectivity index (χ2v) is 6.92. The number of rotatable bonds is 5. The first-order valence-corrected chi connectivity index (χ1v) is 9.10. The van der Waals surface area contributed by atoms with Crippen molar-refractivity contribution in [2.75, 3.05) is 12.4 Å². The van der Waals surface area contributed by atoms with E-state index < -0.39 is 0 Å². The SMILES string of the molecule is COc1ccc(CNc2c(-c3ccccc3)sc3ccccc23)cc1. The van der Waals surface area contributed by atoms with Crippen molar-refractivity contribution in [1.29, 1.82) is 0 Å². The van der Waals surface area contributed by atoms with Gasteiger partial charge in [-0.1, -0.05) is 60.7 Å². The quantitative estimate of drug-likeness (QED) is 0.466. The maximum Gasteiger partial charge on any atom is 0.118 e. The molecule has 0 atom stereocenters. The Morgan fingerprint density at radius 2 is 1.56 bits per heavy atom. The standard InChI is InChI=1S/C22H19NOS/c1-24-18-13-11-16(12-14-18)15-23-21-19-9-5-6-10-20(19)25-22(21)17-7-3-2-4-8-17/h2-14,23H,15H2,1H3. The zero-order valence-electron chi connectivity index (χ0n) is 14.0. The van der Waals surface area contributed by atoms with E-state index in [4.69, 9.17) is 4.74 Å². The predicted octanol–water partition coefficient (Wildman–Crippen LogP) is 6.19. The van der Waals surface area contributed by atoms with Crippen molar-refractivity contribution in [2.24, 2.45) is 0 Å². The fourth-order valence-electron chi connectivity index (χ4n) is 2.95. The second kappa shape index (κ2) is 6.99. The van der Waals surface area contributed by atoms with Gasteiger partial charge in [0.15, 0.2) is 0 Å². The van der Waals surface area contributed by atoms with Crippen molar-refractivity contribution in [3.63, 3.8) is 0 Å². The Morgan fingerprint density at radius 1 is 0.840 bits per heavy atom. The molecule has 124 valence electrons. The maximum atomic E-state index is 5.24. The minimum absolute atomic E-state index is 0.782. The van der Waals surface area contributed by atoms with Crippen LogP contribution in [-0.4, -0.2) is 7.11 Å². The number of thiophene rings is 1. The third-order valence-electron chi connectivity index (χ3n) is 4.26. The Bertz CT molecular complexity index is 974. The largest absolute Gasteiger partial charge is 0.497 e. The van der Waals surface area contributed by atoms with Gasteiger partial charge in [0.25, 0.3) is 0 Å². The van der Waals surface area contributed by atoms with Gasteiger partial charge < -0.3 is 10.1 Å². The Kier molecular flexibility index (Phi) is 4.40. The molecule has 0 amide bonds. The van der Waals surface area contributed by atoms with Crippen LogP contribution in [0.15, 0.2) is 78.9 Å². The minimum Gasteiger partial charge on any atom is -0.497 e. The van der Waals surface area contributed by atoms with Crippen LogP contribution >= 0.6 is 11.3 Å². The highest BCUT2D eigenvalue weighted by atomic mass is 32.1. The number of methoxy groups -OCH3 is 1. The van der Waals surface area contributed by atoms with Gasteiger partial charge in [-0.3, -0.25) is 0 Å². The summed E-state index contributed by atoms with van der Waals surface area (Å²) in [6, 6.07) is 27.4. The van der Waals surface area contributed by atoms with Crippen LogP contribution in [0.5, 0.6) is 5.75 Å². The van der Waals surface area contributed by atoms with Crippen molar-refractivity contribution in [3.05, 3.63) is 84.4 Å². The highest BCUT2D eigenvalue weighted by molar-refractivity contribution is 7.23. The van der Waals surface area contributed by atoms with E-state index in [2.05, 4.69) is 72.0 Å². The highest BCUT2D eigenvalue weighted by Gasteiger charge is 2.13. The smallest absolute Gasteiger partial charge is 0.118 e. The lowest BCUT2D eigenvalue weighted by atomic mass is 10.1. The first kappa shape index (κ1) is 15.7. The summed E-state index contributed by atoms with van der Waals surface area (Å²) < 4.78 is 6.54. The van der Waals surface area contributed by atoms with E-state index >= 15 is 0 Å². The summed E-state index contributed by atoms with van der Waals surface area (Å²) >= 11 is 1.84. The lowest BCUT2D eigenvalue weighted by Crippen LogP contribution is -1.99. The molecule has 0 aliphatic heterocycles. The van der Waals surface area contributed by atoms with E-state index in [0.717, 1.165) is 12.3 Å². The Hall–Kier alpha value is -2.78. The summed E-state index contributed by atoms with van der Waals surface area (Å²) in [6.07, 6.45) is 0. The van der Waals surface area contributed by atoms with E-state index in [0.29, 0.717) is 0 Å². The molecular weight excluding hydrogens is 326 g/mol. The Balaban J connectivity index is 1.69. The van der Waals surface area contributed by atoms with E-state index in [9.17, 15) is 0 Å². The summed E-state index contributed by atoms with van der Waals surface area (Å²) in [5.74, 6) is 0.884. The zero-order chi connectivity index (χ0) is 17.1. The Morgan fingerprint density at radius 3 is 2.32 bits per heavy atom.